The molecule has 0 heterocycles. The fourth-order valence-electron chi connectivity index (χ4n) is 1.80. The SMILES string of the molecule is O=C(OCCCc1ccccc1)c1cccc(O)c1. The summed E-state index contributed by atoms with van der Waals surface area (Å²) >= 11 is 0. The molecule has 98 valence electrons. The van der Waals surface area contributed by atoms with Crippen molar-refractivity contribution < 1.29 is 14.6 Å². The summed E-state index contributed by atoms with van der Waals surface area (Å²) in [6.07, 6.45) is 1.67. The summed E-state index contributed by atoms with van der Waals surface area (Å²) in [5.74, 6) is -0.331. The van der Waals surface area contributed by atoms with Gasteiger partial charge in [0.05, 0.1) is 12.2 Å². The van der Waals surface area contributed by atoms with E-state index < -0.39 is 5.97 Å². The number of phenols is 1. The Bertz CT molecular complexity index is 535. The number of benzene rings is 2. The smallest absolute Gasteiger partial charge is 0.338 e. The number of rotatable bonds is 5. The summed E-state index contributed by atoms with van der Waals surface area (Å²) in [6.45, 7) is 0.378. The zero-order valence-electron chi connectivity index (χ0n) is 10.6. The van der Waals surface area contributed by atoms with E-state index in [1.807, 2.05) is 18.2 Å². The van der Waals surface area contributed by atoms with Crippen LogP contribution in [0.15, 0.2) is 54.6 Å². The first-order valence-corrected chi connectivity index (χ1v) is 6.26. The van der Waals surface area contributed by atoms with Gasteiger partial charge in [-0.15, -0.1) is 0 Å². The van der Waals surface area contributed by atoms with Gasteiger partial charge in [0.2, 0.25) is 0 Å². The molecule has 0 fully saturated rings. The highest BCUT2D eigenvalue weighted by Gasteiger charge is 2.07. The molecular weight excluding hydrogens is 240 g/mol. The normalized spacial score (nSPS) is 10.1. The quantitative estimate of drug-likeness (QED) is 0.660. The number of esters is 1. The Hall–Kier alpha value is -2.29. The lowest BCUT2D eigenvalue weighted by Gasteiger charge is -2.05. The van der Waals surface area contributed by atoms with Crippen molar-refractivity contribution in [1.82, 2.24) is 0 Å². The molecule has 0 atom stereocenters. The van der Waals surface area contributed by atoms with E-state index in [1.54, 1.807) is 12.1 Å². The third-order valence-electron chi connectivity index (χ3n) is 2.77. The lowest BCUT2D eigenvalue weighted by atomic mass is 10.1. The highest BCUT2D eigenvalue weighted by Crippen LogP contribution is 2.12. The lowest BCUT2D eigenvalue weighted by molar-refractivity contribution is 0.0500. The van der Waals surface area contributed by atoms with Crippen molar-refractivity contribution in [2.45, 2.75) is 12.8 Å². The van der Waals surface area contributed by atoms with Crippen LogP contribution in [0.4, 0.5) is 0 Å². The number of hydrogen-bond acceptors (Lipinski definition) is 3. The van der Waals surface area contributed by atoms with Crippen LogP contribution < -0.4 is 0 Å². The molecule has 2 rings (SSSR count). The summed E-state index contributed by atoms with van der Waals surface area (Å²) in [5.41, 5.74) is 1.61. The standard InChI is InChI=1S/C16H16O3/c17-15-10-4-9-14(12-15)16(18)19-11-5-8-13-6-2-1-3-7-13/h1-4,6-7,9-10,12,17H,5,8,11H2. The molecule has 3 nitrogen and oxygen atoms in total. The van der Waals surface area contributed by atoms with Crippen molar-refractivity contribution in [3.63, 3.8) is 0 Å². The average Bonchev–Trinajstić information content (AvgIpc) is 2.44. The summed E-state index contributed by atoms with van der Waals surface area (Å²) < 4.78 is 5.15. The first-order chi connectivity index (χ1) is 9.25. The molecule has 0 aliphatic carbocycles. The fourth-order valence-corrected chi connectivity index (χ4v) is 1.80. The average molecular weight is 256 g/mol. The minimum atomic E-state index is -0.399. The summed E-state index contributed by atoms with van der Waals surface area (Å²) in [7, 11) is 0. The fraction of sp³-hybridized carbons (Fsp3) is 0.188. The van der Waals surface area contributed by atoms with Gasteiger partial charge in [-0.3, -0.25) is 0 Å². The van der Waals surface area contributed by atoms with E-state index in [4.69, 9.17) is 4.74 Å². The Morgan fingerprint density at radius 3 is 2.58 bits per heavy atom. The largest absolute Gasteiger partial charge is 0.508 e. The summed E-state index contributed by atoms with van der Waals surface area (Å²) in [4.78, 5) is 11.7. The molecule has 3 heteroatoms. The number of phenolic OH excluding ortho intramolecular Hbond substituents is 1. The van der Waals surface area contributed by atoms with Gasteiger partial charge < -0.3 is 9.84 Å². The third-order valence-corrected chi connectivity index (χ3v) is 2.77. The second-order valence-corrected chi connectivity index (χ2v) is 4.28. The number of aromatic hydroxyl groups is 1. The molecular formula is C16H16O3. The predicted molar refractivity (Wildman–Crippen MR) is 73.2 cm³/mol. The molecule has 19 heavy (non-hydrogen) atoms. The Morgan fingerprint density at radius 2 is 1.84 bits per heavy atom. The molecule has 0 saturated heterocycles. The molecule has 2 aromatic carbocycles. The van der Waals surface area contributed by atoms with Gasteiger partial charge in [0.15, 0.2) is 0 Å². The molecule has 1 N–H and O–H groups in total. The monoisotopic (exact) mass is 256 g/mol. The summed E-state index contributed by atoms with van der Waals surface area (Å²) in [6, 6.07) is 16.2. The van der Waals surface area contributed by atoms with E-state index in [-0.39, 0.29) is 5.75 Å². The lowest BCUT2D eigenvalue weighted by Crippen LogP contribution is -2.06. The summed E-state index contributed by atoms with van der Waals surface area (Å²) in [5, 5.41) is 9.27. The maximum absolute atomic E-state index is 11.7. The van der Waals surface area contributed by atoms with Gasteiger partial charge in [-0.1, -0.05) is 36.4 Å². The first kappa shape index (κ1) is 13.1. The van der Waals surface area contributed by atoms with Crippen LogP contribution in [0.25, 0.3) is 0 Å². The molecule has 0 aromatic heterocycles. The van der Waals surface area contributed by atoms with Gasteiger partial charge in [-0.05, 0) is 36.6 Å². The first-order valence-electron chi connectivity index (χ1n) is 6.26. The maximum atomic E-state index is 11.7. The highest BCUT2D eigenvalue weighted by molar-refractivity contribution is 5.89. The number of carbonyl (C=O) groups is 1. The van der Waals surface area contributed by atoms with Crippen LogP contribution in [0.3, 0.4) is 0 Å². The van der Waals surface area contributed by atoms with E-state index in [9.17, 15) is 9.90 Å². The molecule has 0 radical (unpaired) electrons. The molecule has 0 bridgehead atoms. The topological polar surface area (TPSA) is 46.5 Å². The number of carbonyl (C=O) groups excluding carboxylic acids is 1. The Balaban J connectivity index is 1.75. The maximum Gasteiger partial charge on any atom is 0.338 e. The van der Waals surface area contributed by atoms with Gasteiger partial charge in [-0.2, -0.15) is 0 Å². The van der Waals surface area contributed by atoms with E-state index >= 15 is 0 Å². The number of ether oxygens (including phenoxy) is 1. The van der Waals surface area contributed by atoms with Crippen LogP contribution >= 0.6 is 0 Å². The zero-order valence-corrected chi connectivity index (χ0v) is 10.6. The Morgan fingerprint density at radius 1 is 1.05 bits per heavy atom. The van der Waals surface area contributed by atoms with E-state index in [1.165, 1.54) is 17.7 Å². The van der Waals surface area contributed by atoms with Crippen LogP contribution in [0, 0.1) is 0 Å². The molecule has 0 spiro atoms. The predicted octanol–water partition coefficient (Wildman–Crippen LogP) is 3.18. The van der Waals surface area contributed by atoms with E-state index in [2.05, 4.69) is 12.1 Å². The van der Waals surface area contributed by atoms with Gasteiger partial charge in [0, 0.05) is 0 Å². The van der Waals surface area contributed by atoms with Crippen molar-refractivity contribution in [1.29, 1.82) is 0 Å². The van der Waals surface area contributed by atoms with Crippen molar-refractivity contribution in [3.05, 3.63) is 65.7 Å². The van der Waals surface area contributed by atoms with Crippen molar-refractivity contribution in [3.8, 4) is 5.75 Å². The zero-order chi connectivity index (χ0) is 13.5. The van der Waals surface area contributed by atoms with Gasteiger partial charge >= 0.3 is 5.97 Å². The Labute approximate surface area is 112 Å². The number of hydrogen-bond donors (Lipinski definition) is 1. The van der Waals surface area contributed by atoms with Crippen molar-refractivity contribution in [2.24, 2.45) is 0 Å². The van der Waals surface area contributed by atoms with Crippen LogP contribution in [-0.2, 0) is 11.2 Å². The minimum absolute atomic E-state index is 0.0683. The minimum Gasteiger partial charge on any atom is -0.508 e. The van der Waals surface area contributed by atoms with Gasteiger partial charge in [0.25, 0.3) is 0 Å². The Kier molecular flexibility index (Phi) is 4.56. The van der Waals surface area contributed by atoms with Crippen molar-refractivity contribution in [2.75, 3.05) is 6.61 Å². The second-order valence-electron chi connectivity index (χ2n) is 4.28. The molecule has 0 unspecified atom stereocenters. The number of aryl methyl sites for hydroxylation is 1. The molecule has 2 aromatic rings. The highest BCUT2D eigenvalue weighted by atomic mass is 16.5. The van der Waals surface area contributed by atoms with Crippen LogP contribution in [0.2, 0.25) is 0 Å². The van der Waals surface area contributed by atoms with E-state index in [0.29, 0.717) is 12.2 Å². The van der Waals surface area contributed by atoms with Crippen LogP contribution in [0.5, 0.6) is 5.75 Å². The van der Waals surface area contributed by atoms with E-state index in [0.717, 1.165) is 12.8 Å². The van der Waals surface area contributed by atoms with Gasteiger partial charge in [0.1, 0.15) is 5.75 Å². The molecule has 0 aliphatic rings. The molecule has 0 aliphatic heterocycles. The van der Waals surface area contributed by atoms with Crippen LogP contribution in [-0.4, -0.2) is 17.7 Å². The van der Waals surface area contributed by atoms with Gasteiger partial charge in [-0.25, -0.2) is 4.79 Å². The second kappa shape index (κ2) is 6.59. The molecule has 0 amide bonds. The van der Waals surface area contributed by atoms with Crippen molar-refractivity contribution >= 4 is 5.97 Å². The molecule has 0 saturated carbocycles. The third kappa shape index (κ3) is 4.14. The van der Waals surface area contributed by atoms with Crippen LogP contribution in [0.1, 0.15) is 22.3 Å².